The first-order chi connectivity index (χ1) is 15.4. The zero-order chi connectivity index (χ0) is 25.7. The summed E-state index contributed by atoms with van der Waals surface area (Å²) in [5, 5.41) is 42.9. The molecule has 0 aliphatic carbocycles. The third-order valence-electron chi connectivity index (χ3n) is 3.49. The van der Waals surface area contributed by atoms with Crippen molar-refractivity contribution in [3.05, 3.63) is 61.7 Å². The van der Waals surface area contributed by atoms with E-state index >= 15 is 0 Å². The number of methoxy groups -OCH3 is 4. The van der Waals surface area contributed by atoms with E-state index in [1.807, 2.05) is 0 Å². The molecule has 0 atom stereocenters. The molecule has 180 valence electrons. The maximum atomic E-state index is 11.2. The number of nitro benzene ring substituents is 1. The first-order valence-electron chi connectivity index (χ1n) is 8.35. The molecule has 0 amide bonds. The number of aromatic hydroxyl groups is 2. The van der Waals surface area contributed by atoms with Crippen molar-refractivity contribution in [2.24, 2.45) is 0 Å². The minimum atomic E-state index is -1.50. The average molecular weight is 472 g/mol. The van der Waals surface area contributed by atoms with Crippen molar-refractivity contribution < 1.29 is 54.0 Å². The van der Waals surface area contributed by atoms with E-state index in [9.17, 15) is 29.9 Å². The number of hydrogen-bond donors (Lipinski definition) is 3. The highest BCUT2D eigenvalue weighted by Gasteiger charge is 2.22. The number of rotatable bonds is 5. The Labute approximate surface area is 185 Å². The second kappa shape index (κ2) is 13.5. The second-order valence-corrected chi connectivity index (χ2v) is 5.41. The van der Waals surface area contributed by atoms with Crippen molar-refractivity contribution >= 4 is 17.6 Å². The highest BCUT2D eigenvalue weighted by Crippen LogP contribution is 2.36. The van der Waals surface area contributed by atoms with Gasteiger partial charge in [0.15, 0.2) is 17.2 Å². The van der Waals surface area contributed by atoms with E-state index in [1.165, 1.54) is 39.5 Å². The predicted octanol–water partition coefficient (Wildman–Crippen LogP) is 1.94. The van der Waals surface area contributed by atoms with Gasteiger partial charge in [0, 0.05) is 6.07 Å². The summed E-state index contributed by atoms with van der Waals surface area (Å²) in [5.74, 6) is -1.74. The molecular weight excluding hydrogens is 452 g/mol. The summed E-state index contributed by atoms with van der Waals surface area (Å²) in [7, 11) is 5.07. The fraction of sp³-hybridized carbons (Fsp3) is 0.222. The van der Waals surface area contributed by atoms with Crippen molar-refractivity contribution in [3.63, 3.8) is 0 Å². The maximum Gasteiger partial charge on any atom is 0.338 e. The predicted molar refractivity (Wildman–Crippen MR) is 107 cm³/mol. The van der Waals surface area contributed by atoms with Crippen molar-refractivity contribution in [1.82, 2.24) is 0 Å². The lowest BCUT2D eigenvalue weighted by molar-refractivity contribution is -0.742. The largest absolute Gasteiger partial charge is 0.504 e. The van der Waals surface area contributed by atoms with Gasteiger partial charge in [-0.2, -0.15) is 0 Å². The summed E-state index contributed by atoms with van der Waals surface area (Å²) < 4.78 is 18.4. The Balaban J connectivity index is 0.000000542. The molecule has 0 unspecified atom stereocenters. The lowest BCUT2D eigenvalue weighted by Crippen LogP contribution is -2.03. The molecule has 0 spiro atoms. The van der Waals surface area contributed by atoms with Crippen LogP contribution in [0.4, 0.5) is 5.69 Å². The molecule has 2 aromatic carbocycles. The van der Waals surface area contributed by atoms with Crippen molar-refractivity contribution in [2.75, 3.05) is 28.4 Å². The summed E-state index contributed by atoms with van der Waals surface area (Å²) in [4.78, 5) is 40.4. The number of benzene rings is 2. The molecule has 2 aromatic rings. The quantitative estimate of drug-likeness (QED) is 0.322. The van der Waals surface area contributed by atoms with Gasteiger partial charge in [0.2, 0.25) is 5.75 Å². The molecule has 15 heteroatoms. The van der Waals surface area contributed by atoms with Crippen molar-refractivity contribution in [1.29, 1.82) is 0 Å². The third-order valence-corrected chi connectivity index (χ3v) is 3.49. The Bertz CT molecular complexity index is 1000. The number of hydrogen-bond acceptors (Lipinski definition) is 12. The SMILES string of the molecule is COC(=O)c1cc(OC)c(O)c([N+](=O)[O-])c1.COC(=O)c1ccc(O)c(OC)c1.O=[N+]([O-])O. The molecule has 0 fully saturated rings. The van der Waals surface area contributed by atoms with Crippen LogP contribution in [0.15, 0.2) is 30.3 Å². The van der Waals surface area contributed by atoms with E-state index in [0.717, 1.165) is 19.2 Å². The number of carbonyl (C=O) groups is 2. The lowest BCUT2D eigenvalue weighted by Gasteiger charge is -2.06. The van der Waals surface area contributed by atoms with Gasteiger partial charge in [-0.25, -0.2) is 9.59 Å². The number of phenolic OH excluding ortho intramolecular Hbond substituents is 2. The minimum Gasteiger partial charge on any atom is -0.504 e. The zero-order valence-electron chi connectivity index (χ0n) is 17.7. The van der Waals surface area contributed by atoms with Crippen molar-refractivity contribution in [3.8, 4) is 23.0 Å². The second-order valence-electron chi connectivity index (χ2n) is 5.41. The maximum absolute atomic E-state index is 11.2. The smallest absolute Gasteiger partial charge is 0.338 e. The first kappa shape index (κ1) is 28.2. The van der Waals surface area contributed by atoms with Gasteiger partial charge in [-0.3, -0.25) is 10.1 Å². The number of esters is 2. The zero-order valence-corrected chi connectivity index (χ0v) is 17.7. The van der Waals surface area contributed by atoms with Gasteiger partial charge < -0.3 is 34.4 Å². The normalized spacial score (nSPS) is 9.09. The third kappa shape index (κ3) is 8.83. The molecule has 2 rings (SSSR count). The molecule has 0 heterocycles. The topological polar surface area (TPSA) is 218 Å². The number of phenols is 2. The molecule has 0 aliphatic rings. The van der Waals surface area contributed by atoms with E-state index < -0.39 is 33.4 Å². The summed E-state index contributed by atoms with van der Waals surface area (Å²) in [5.41, 5.74) is -0.333. The fourth-order valence-electron chi connectivity index (χ4n) is 2.05. The van der Waals surface area contributed by atoms with Gasteiger partial charge >= 0.3 is 17.6 Å². The van der Waals surface area contributed by atoms with E-state index in [2.05, 4.69) is 9.47 Å². The summed E-state index contributed by atoms with van der Waals surface area (Å²) >= 11 is 0. The number of ether oxygens (including phenoxy) is 4. The molecule has 15 nitrogen and oxygen atoms in total. The Morgan fingerprint density at radius 3 is 1.70 bits per heavy atom. The summed E-state index contributed by atoms with van der Waals surface area (Å²) in [6.07, 6.45) is 0. The van der Waals surface area contributed by atoms with Crippen LogP contribution in [0.3, 0.4) is 0 Å². The van der Waals surface area contributed by atoms with Gasteiger partial charge in [0.25, 0.3) is 5.09 Å². The number of carbonyl (C=O) groups excluding carboxylic acids is 2. The highest BCUT2D eigenvalue weighted by atomic mass is 16.9. The van der Waals surface area contributed by atoms with Gasteiger partial charge in [0.1, 0.15) is 0 Å². The Morgan fingerprint density at radius 1 is 0.818 bits per heavy atom. The summed E-state index contributed by atoms with van der Waals surface area (Å²) in [6.45, 7) is 0. The van der Waals surface area contributed by atoms with Crippen LogP contribution in [0, 0.1) is 20.2 Å². The van der Waals surface area contributed by atoms with Crippen LogP contribution in [0.2, 0.25) is 0 Å². The number of nitro groups is 1. The molecule has 0 saturated carbocycles. The van der Waals surface area contributed by atoms with Crippen LogP contribution in [0.5, 0.6) is 23.0 Å². The lowest BCUT2D eigenvalue weighted by atomic mass is 10.1. The molecule has 3 N–H and O–H groups in total. The van der Waals surface area contributed by atoms with Crippen LogP contribution in [0.25, 0.3) is 0 Å². The number of nitrogens with zero attached hydrogens (tertiary/aromatic N) is 2. The molecule has 33 heavy (non-hydrogen) atoms. The first-order valence-corrected chi connectivity index (χ1v) is 8.35. The van der Waals surface area contributed by atoms with E-state index in [1.54, 1.807) is 0 Å². The molecule has 0 bridgehead atoms. The van der Waals surface area contributed by atoms with Crippen LogP contribution in [0.1, 0.15) is 20.7 Å². The fourth-order valence-corrected chi connectivity index (χ4v) is 2.05. The Morgan fingerprint density at radius 2 is 1.27 bits per heavy atom. The highest BCUT2D eigenvalue weighted by molar-refractivity contribution is 5.91. The van der Waals surface area contributed by atoms with Crippen molar-refractivity contribution in [2.45, 2.75) is 0 Å². The average Bonchev–Trinajstić information content (AvgIpc) is 2.78. The summed E-state index contributed by atoms with van der Waals surface area (Å²) in [6, 6.07) is 6.34. The molecule has 0 aliphatic heterocycles. The molecule has 0 saturated heterocycles. The van der Waals surface area contributed by atoms with Gasteiger partial charge in [-0.1, -0.05) is 0 Å². The van der Waals surface area contributed by atoms with Gasteiger partial charge in [0.05, 0.1) is 44.5 Å². The van der Waals surface area contributed by atoms with Crippen LogP contribution >= 0.6 is 0 Å². The standard InChI is InChI=1S/C9H9NO6.C9H10O4.HNO3/c1-15-7-4-5(9(12)16-2)3-6(8(7)11)10(13)14;1-12-8-5-6(9(11)13-2)3-4-7(8)10;2-1(3)4/h3-4,11H,1-2H3;3-5,10H,1-2H3;(H,2,3,4). The Hall–Kier alpha value is -4.82. The Kier molecular flexibility index (Phi) is 11.5. The molecule has 0 aromatic heterocycles. The minimum absolute atomic E-state index is 0.00449. The van der Waals surface area contributed by atoms with Gasteiger partial charge in [-0.15, -0.1) is 10.1 Å². The van der Waals surface area contributed by atoms with E-state index in [-0.39, 0.29) is 22.8 Å². The van der Waals surface area contributed by atoms with Crippen LogP contribution < -0.4 is 9.47 Å². The van der Waals surface area contributed by atoms with Crippen LogP contribution in [-0.2, 0) is 9.47 Å². The van der Waals surface area contributed by atoms with Gasteiger partial charge in [-0.05, 0) is 24.3 Å². The monoisotopic (exact) mass is 472 g/mol. The van der Waals surface area contributed by atoms with Crippen LogP contribution in [-0.4, -0.2) is 65.8 Å². The van der Waals surface area contributed by atoms with E-state index in [4.69, 9.17) is 24.8 Å². The molecular formula is C18H20N2O13. The van der Waals surface area contributed by atoms with E-state index in [0.29, 0.717) is 5.56 Å². The molecule has 0 radical (unpaired) electrons.